The molecular weight excluding hydrogens is 375 g/mol. The number of rotatable bonds is 5. The third-order valence-corrected chi connectivity index (χ3v) is 4.75. The highest BCUT2D eigenvalue weighted by Crippen LogP contribution is 2.35. The summed E-state index contributed by atoms with van der Waals surface area (Å²) in [5.74, 6) is -0.177. The highest BCUT2D eigenvalue weighted by atomic mass is 35.5. The molecule has 1 saturated heterocycles. The van der Waals surface area contributed by atoms with Gasteiger partial charge in [0.1, 0.15) is 5.75 Å². The van der Waals surface area contributed by atoms with Crippen LogP contribution in [0.25, 0.3) is 0 Å². The number of hydrogen-bond donors (Lipinski definition) is 1. The summed E-state index contributed by atoms with van der Waals surface area (Å²) in [5.41, 5.74) is 1.48. The SMILES string of the molecule is COc1ccc(Cl)cc1N1CC(C(=O)NCc2cccc(Cl)c2)CC1=O. The Kier molecular flexibility index (Phi) is 5.69. The van der Waals surface area contributed by atoms with Crippen molar-refractivity contribution >= 4 is 40.7 Å². The van der Waals surface area contributed by atoms with Crippen LogP contribution in [-0.4, -0.2) is 25.5 Å². The van der Waals surface area contributed by atoms with Crippen LogP contribution in [0, 0.1) is 5.92 Å². The molecule has 1 fully saturated rings. The summed E-state index contributed by atoms with van der Waals surface area (Å²) < 4.78 is 5.31. The van der Waals surface area contributed by atoms with Crippen LogP contribution in [0.3, 0.4) is 0 Å². The van der Waals surface area contributed by atoms with E-state index >= 15 is 0 Å². The van der Waals surface area contributed by atoms with Gasteiger partial charge in [0, 0.05) is 29.6 Å². The molecule has 2 amide bonds. The standard InChI is InChI=1S/C19H18Cl2N2O3/c1-26-17-6-5-15(21)9-16(17)23-11-13(8-18(23)24)19(25)22-10-12-3-2-4-14(20)7-12/h2-7,9,13H,8,10-11H2,1H3,(H,22,25). The first-order valence-corrected chi connectivity index (χ1v) is 8.89. The van der Waals surface area contributed by atoms with Gasteiger partial charge in [-0.15, -0.1) is 0 Å². The van der Waals surface area contributed by atoms with Gasteiger partial charge in [0.25, 0.3) is 0 Å². The smallest absolute Gasteiger partial charge is 0.227 e. The molecule has 1 unspecified atom stereocenters. The van der Waals surface area contributed by atoms with Crippen molar-refractivity contribution in [1.82, 2.24) is 5.32 Å². The summed E-state index contributed by atoms with van der Waals surface area (Å²) >= 11 is 12.0. The first-order chi connectivity index (χ1) is 12.5. The molecule has 1 heterocycles. The van der Waals surface area contributed by atoms with Crippen LogP contribution in [-0.2, 0) is 16.1 Å². The van der Waals surface area contributed by atoms with Gasteiger partial charge in [-0.3, -0.25) is 9.59 Å². The van der Waals surface area contributed by atoms with E-state index in [0.717, 1.165) is 5.56 Å². The molecule has 0 saturated carbocycles. The van der Waals surface area contributed by atoms with Crippen molar-refractivity contribution in [1.29, 1.82) is 0 Å². The molecule has 0 aliphatic carbocycles. The van der Waals surface area contributed by atoms with Crippen LogP contribution in [0.5, 0.6) is 5.75 Å². The number of anilines is 1. The molecule has 1 aliphatic heterocycles. The van der Waals surface area contributed by atoms with Gasteiger partial charge in [0.2, 0.25) is 11.8 Å². The van der Waals surface area contributed by atoms with Crippen LogP contribution in [0.15, 0.2) is 42.5 Å². The van der Waals surface area contributed by atoms with Gasteiger partial charge >= 0.3 is 0 Å². The Hall–Kier alpha value is -2.24. The molecule has 5 nitrogen and oxygen atoms in total. The van der Waals surface area contributed by atoms with Crippen LogP contribution in [0.1, 0.15) is 12.0 Å². The second-order valence-corrected chi connectivity index (χ2v) is 6.94. The van der Waals surface area contributed by atoms with Gasteiger partial charge in [-0.05, 0) is 35.9 Å². The fraction of sp³-hybridized carbons (Fsp3) is 0.263. The molecule has 0 spiro atoms. The van der Waals surface area contributed by atoms with E-state index in [1.54, 1.807) is 35.2 Å². The number of nitrogens with zero attached hydrogens (tertiary/aromatic N) is 1. The number of carbonyl (C=O) groups is 2. The molecule has 2 aromatic carbocycles. The number of halogens is 2. The normalized spacial score (nSPS) is 16.7. The Balaban J connectivity index is 1.67. The topological polar surface area (TPSA) is 58.6 Å². The Morgan fingerprint density at radius 1 is 1.23 bits per heavy atom. The van der Waals surface area contributed by atoms with Crippen LogP contribution in [0.2, 0.25) is 10.0 Å². The third-order valence-electron chi connectivity index (χ3n) is 4.28. The summed E-state index contributed by atoms with van der Waals surface area (Å²) in [7, 11) is 1.53. The van der Waals surface area contributed by atoms with Crippen molar-refractivity contribution in [3.05, 3.63) is 58.1 Å². The van der Waals surface area contributed by atoms with Gasteiger partial charge < -0.3 is 15.0 Å². The maximum atomic E-state index is 12.5. The number of benzene rings is 2. The van der Waals surface area contributed by atoms with Crippen LogP contribution >= 0.6 is 23.2 Å². The molecule has 1 aliphatic rings. The minimum absolute atomic E-state index is 0.131. The second kappa shape index (κ2) is 7.98. The lowest BCUT2D eigenvalue weighted by atomic mass is 10.1. The fourth-order valence-corrected chi connectivity index (χ4v) is 3.35. The Bertz CT molecular complexity index is 841. The van der Waals surface area contributed by atoms with Gasteiger partial charge in [-0.25, -0.2) is 0 Å². The summed E-state index contributed by atoms with van der Waals surface area (Å²) in [6, 6.07) is 12.4. The van der Waals surface area contributed by atoms with Crippen molar-refractivity contribution in [2.45, 2.75) is 13.0 Å². The lowest BCUT2D eigenvalue weighted by molar-refractivity contribution is -0.126. The van der Waals surface area contributed by atoms with Crippen molar-refractivity contribution in [3.63, 3.8) is 0 Å². The van der Waals surface area contributed by atoms with E-state index in [-0.39, 0.29) is 24.8 Å². The lowest BCUT2D eigenvalue weighted by Gasteiger charge is -2.20. The van der Waals surface area contributed by atoms with Gasteiger partial charge in [0.15, 0.2) is 0 Å². The maximum absolute atomic E-state index is 12.5. The zero-order valence-electron chi connectivity index (χ0n) is 14.2. The molecule has 2 aromatic rings. The van der Waals surface area contributed by atoms with Crippen molar-refractivity contribution in [2.24, 2.45) is 5.92 Å². The summed E-state index contributed by atoms with van der Waals surface area (Å²) in [4.78, 5) is 26.4. The molecule has 0 bridgehead atoms. The zero-order valence-corrected chi connectivity index (χ0v) is 15.7. The predicted molar refractivity (Wildman–Crippen MR) is 102 cm³/mol. The van der Waals surface area contributed by atoms with Gasteiger partial charge in [0.05, 0.1) is 18.7 Å². The van der Waals surface area contributed by atoms with Crippen molar-refractivity contribution in [2.75, 3.05) is 18.6 Å². The number of nitrogens with one attached hydrogen (secondary N) is 1. The Morgan fingerprint density at radius 3 is 2.73 bits per heavy atom. The number of amides is 2. The van der Waals surface area contributed by atoms with Crippen molar-refractivity contribution in [3.8, 4) is 5.75 Å². The first-order valence-electron chi connectivity index (χ1n) is 8.14. The van der Waals surface area contributed by atoms with Gasteiger partial charge in [-0.2, -0.15) is 0 Å². The first kappa shape index (κ1) is 18.5. The van der Waals surface area contributed by atoms with E-state index in [9.17, 15) is 9.59 Å². The Morgan fingerprint density at radius 2 is 2.00 bits per heavy atom. The molecule has 7 heteroatoms. The highest BCUT2D eigenvalue weighted by Gasteiger charge is 2.36. The number of hydrogen-bond acceptors (Lipinski definition) is 3. The number of carbonyl (C=O) groups excluding carboxylic acids is 2. The van der Waals surface area contributed by atoms with E-state index in [1.807, 2.05) is 12.1 Å². The largest absolute Gasteiger partial charge is 0.495 e. The monoisotopic (exact) mass is 392 g/mol. The third kappa shape index (κ3) is 4.11. The van der Waals surface area contributed by atoms with E-state index < -0.39 is 5.92 Å². The average molecular weight is 393 g/mol. The quantitative estimate of drug-likeness (QED) is 0.844. The van der Waals surface area contributed by atoms with E-state index in [4.69, 9.17) is 27.9 Å². The minimum Gasteiger partial charge on any atom is -0.495 e. The summed E-state index contributed by atoms with van der Waals surface area (Å²) in [6.07, 6.45) is 0.150. The van der Waals surface area contributed by atoms with Crippen LogP contribution in [0.4, 0.5) is 5.69 Å². The predicted octanol–water partition coefficient (Wildman–Crippen LogP) is 3.67. The average Bonchev–Trinajstić information content (AvgIpc) is 3.01. The van der Waals surface area contributed by atoms with E-state index in [0.29, 0.717) is 28.0 Å². The highest BCUT2D eigenvalue weighted by molar-refractivity contribution is 6.31. The van der Waals surface area contributed by atoms with E-state index in [1.165, 1.54) is 7.11 Å². The Labute approximate surface area is 161 Å². The molecule has 136 valence electrons. The van der Waals surface area contributed by atoms with Crippen molar-refractivity contribution < 1.29 is 14.3 Å². The van der Waals surface area contributed by atoms with E-state index in [2.05, 4.69) is 5.32 Å². The summed E-state index contributed by atoms with van der Waals surface area (Å²) in [6.45, 7) is 0.654. The molecule has 26 heavy (non-hydrogen) atoms. The second-order valence-electron chi connectivity index (χ2n) is 6.07. The molecule has 1 atom stereocenters. The number of methoxy groups -OCH3 is 1. The lowest BCUT2D eigenvalue weighted by Crippen LogP contribution is -2.32. The maximum Gasteiger partial charge on any atom is 0.227 e. The molecule has 0 radical (unpaired) electrons. The minimum atomic E-state index is -0.426. The molecule has 0 aromatic heterocycles. The molecule has 1 N–H and O–H groups in total. The summed E-state index contributed by atoms with van der Waals surface area (Å²) in [5, 5.41) is 3.99. The number of ether oxygens (including phenoxy) is 1. The fourth-order valence-electron chi connectivity index (χ4n) is 2.97. The van der Waals surface area contributed by atoms with Crippen LogP contribution < -0.4 is 15.0 Å². The molecular formula is C19H18Cl2N2O3. The van der Waals surface area contributed by atoms with Gasteiger partial charge in [-0.1, -0.05) is 35.3 Å². The zero-order chi connectivity index (χ0) is 18.7. The molecule has 3 rings (SSSR count).